The molecular formula is C14H17BrN2O2. The van der Waals surface area contributed by atoms with Gasteiger partial charge in [-0.3, -0.25) is 4.79 Å². The van der Waals surface area contributed by atoms with Crippen molar-refractivity contribution in [1.82, 2.24) is 9.88 Å². The van der Waals surface area contributed by atoms with Gasteiger partial charge in [-0.25, -0.2) is 0 Å². The zero-order valence-corrected chi connectivity index (χ0v) is 12.9. The van der Waals surface area contributed by atoms with E-state index in [0.717, 1.165) is 6.42 Å². The molecule has 0 aliphatic carbocycles. The third kappa shape index (κ3) is 3.10. The van der Waals surface area contributed by atoms with E-state index >= 15 is 0 Å². The van der Waals surface area contributed by atoms with Crippen molar-refractivity contribution in [1.29, 1.82) is 0 Å². The minimum absolute atomic E-state index is 0.184. The normalized spacial score (nSPS) is 10.7. The number of furan rings is 1. The minimum Gasteiger partial charge on any atom is -0.444 e. The zero-order valence-electron chi connectivity index (χ0n) is 11.3. The van der Waals surface area contributed by atoms with Gasteiger partial charge in [-0.1, -0.05) is 0 Å². The van der Waals surface area contributed by atoms with Crippen molar-refractivity contribution in [2.75, 3.05) is 6.54 Å². The second-order valence-corrected chi connectivity index (χ2v) is 5.35. The molecular weight excluding hydrogens is 308 g/mol. The Morgan fingerprint density at radius 1 is 1.42 bits per heavy atom. The van der Waals surface area contributed by atoms with Crippen molar-refractivity contribution in [2.24, 2.45) is 7.05 Å². The van der Waals surface area contributed by atoms with Crippen LogP contribution < -0.4 is 5.32 Å². The zero-order chi connectivity index (χ0) is 14.0. The monoisotopic (exact) mass is 324 g/mol. The van der Waals surface area contributed by atoms with Crippen LogP contribution in [0.15, 0.2) is 27.3 Å². The molecule has 0 unspecified atom stereocenters. The summed E-state index contributed by atoms with van der Waals surface area (Å²) >= 11 is 3.18. The maximum Gasteiger partial charge on any atom is 0.287 e. The number of nitrogens with zero attached hydrogens (tertiary/aromatic N) is 1. The van der Waals surface area contributed by atoms with Gasteiger partial charge in [-0.05, 0) is 60.0 Å². The number of aromatic nitrogens is 1. The molecule has 5 heteroatoms. The Morgan fingerprint density at radius 2 is 2.16 bits per heavy atom. The van der Waals surface area contributed by atoms with Crippen LogP contribution in [0.2, 0.25) is 0 Å². The maximum absolute atomic E-state index is 11.8. The molecule has 0 fully saturated rings. The Morgan fingerprint density at radius 3 is 2.68 bits per heavy atom. The fourth-order valence-corrected chi connectivity index (χ4v) is 2.33. The van der Waals surface area contributed by atoms with Gasteiger partial charge in [-0.2, -0.15) is 0 Å². The Kier molecular flexibility index (Phi) is 4.14. The second kappa shape index (κ2) is 5.65. The molecule has 0 aliphatic heterocycles. The lowest BCUT2D eigenvalue weighted by atomic mass is 10.2. The van der Waals surface area contributed by atoms with Gasteiger partial charge in [0.1, 0.15) is 0 Å². The molecule has 0 saturated carbocycles. The number of aryl methyl sites for hydroxylation is 1. The van der Waals surface area contributed by atoms with E-state index in [2.05, 4.69) is 45.7 Å². The molecule has 4 nitrogen and oxygen atoms in total. The molecule has 2 aromatic heterocycles. The van der Waals surface area contributed by atoms with E-state index in [0.29, 0.717) is 17.0 Å². The molecule has 0 saturated heterocycles. The Bertz CT molecular complexity index is 599. The Hall–Kier alpha value is -1.49. The van der Waals surface area contributed by atoms with E-state index in [4.69, 9.17) is 4.42 Å². The molecule has 102 valence electrons. The molecule has 0 atom stereocenters. The van der Waals surface area contributed by atoms with Crippen LogP contribution in [0, 0.1) is 13.8 Å². The lowest BCUT2D eigenvalue weighted by Crippen LogP contribution is -2.25. The summed E-state index contributed by atoms with van der Waals surface area (Å²) < 4.78 is 7.91. The Balaban J connectivity index is 1.90. The first-order valence-corrected chi connectivity index (χ1v) is 6.93. The van der Waals surface area contributed by atoms with E-state index in [1.165, 1.54) is 17.0 Å². The molecule has 0 radical (unpaired) electrons. The van der Waals surface area contributed by atoms with Crippen molar-refractivity contribution >= 4 is 21.8 Å². The lowest BCUT2D eigenvalue weighted by molar-refractivity contribution is 0.0925. The molecule has 0 aromatic carbocycles. The van der Waals surface area contributed by atoms with Crippen molar-refractivity contribution in [3.8, 4) is 0 Å². The van der Waals surface area contributed by atoms with Crippen molar-refractivity contribution < 1.29 is 9.21 Å². The summed E-state index contributed by atoms with van der Waals surface area (Å²) in [6.45, 7) is 4.77. The molecule has 0 aliphatic rings. The number of carbonyl (C=O) groups excluding carboxylic acids is 1. The standard InChI is InChI=1S/C14H17BrN2O2/c1-9-8-11(10(2)17(9)3)6-7-16-14(18)12-4-5-13(15)19-12/h4-5,8H,6-7H2,1-3H3,(H,16,18). The van der Waals surface area contributed by atoms with Crippen LogP contribution in [0.4, 0.5) is 0 Å². The average Bonchev–Trinajstić information content (AvgIpc) is 2.90. The molecule has 1 N–H and O–H groups in total. The van der Waals surface area contributed by atoms with Crippen LogP contribution >= 0.6 is 15.9 Å². The fraction of sp³-hybridized carbons (Fsp3) is 0.357. The van der Waals surface area contributed by atoms with E-state index < -0.39 is 0 Å². The summed E-state index contributed by atoms with van der Waals surface area (Å²) in [5, 5.41) is 2.85. The van der Waals surface area contributed by atoms with Crippen LogP contribution in [-0.2, 0) is 13.5 Å². The van der Waals surface area contributed by atoms with Crippen LogP contribution in [0.25, 0.3) is 0 Å². The highest BCUT2D eigenvalue weighted by molar-refractivity contribution is 9.10. The number of rotatable bonds is 4. The fourth-order valence-electron chi connectivity index (χ4n) is 2.02. The molecule has 2 aromatic rings. The van der Waals surface area contributed by atoms with Gasteiger partial charge in [-0.15, -0.1) is 0 Å². The summed E-state index contributed by atoms with van der Waals surface area (Å²) in [5.41, 5.74) is 3.74. The molecule has 2 heterocycles. The molecule has 1 amide bonds. The predicted octanol–water partition coefficient (Wildman–Crippen LogP) is 2.97. The van der Waals surface area contributed by atoms with Gasteiger partial charge in [0, 0.05) is 25.0 Å². The van der Waals surface area contributed by atoms with Gasteiger partial charge in [0.15, 0.2) is 10.4 Å². The molecule has 19 heavy (non-hydrogen) atoms. The van der Waals surface area contributed by atoms with E-state index in [1.807, 2.05) is 7.05 Å². The SMILES string of the molecule is Cc1cc(CCNC(=O)c2ccc(Br)o2)c(C)n1C. The smallest absolute Gasteiger partial charge is 0.287 e. The number of hydrogen-bond donors (Lipinski definition) is 1. The van der Waals surface area contributed by atoms with Crippen LogP contribution in [0.3, 0.4) is 0 Å². The average molecular weight is 325 g/mol. The number of carbonyl (C=O) groups is 1. The van der Waals surface area contributed by atoms with Crippen LogP contribution in [0.1, 0.15) is 27.5 Å². The van der Waals surface area contributed by atoms with Crippen molar-refractivity contribution in [3.63, 3.8) is 0 Å². The number of nitrogens with one attached hydrogen (secondary N) is 1. The van der Waals surface area contributed by atoms with Gasteiger partial charge in [0.05, 0.1) is 0 Å². The number of halogens is 1. The quantitative estimate of drug-likeness (QED) is 0.939. The largest absolute Gasteiger partial charge is 0.444 e. The highest BCUT2D eigenvalue weighted by Gasteiger charge is 2.10. The summed E-state index contributed by atoms with van der Waals surface area (Å²) in [5.74, 6) is 0.142. The topological polar surface area (TPSA) is 47.2 Å². The third-order valence-corrected chi connectivity index (χ3v) is 3.78. The summed E-state index contributed by atoms with van der Waals surface area (Å²) in [7, 11) is 2.05. The molecule has 2 rings (SSSR count). The first-order valence-electron chi connectivity index (χ1n) is 6.14. The molecule has 0 bridgehead atoms. The van der Waals surface area contributed by atoms with Gasteiger partial charge >= 0.3 is 0 Å². The number of amides is 1. The highest BCUT2D eigenvalue weighted by Crippen LogP contribution is 2.15. The first kappa shape index (κ1) is 13.9. The van der Waals surface area contributed by atoms with Crippen molar-refractivity contribution in [3.05, 3.63) is 45.6 Å². The lowest BCUT2D eigenvalue weighted by Gasteiger charge is -2.04. The van der Waals surface area contributed by atoms with Crippen LogP contribution in [-0.4, -0.2) is 17.0 Å². The number of hydrogen-bond acceptors (Lipinski definition) is 2. The van der Waals surface area contributed by atoms with Crippen LogP contribution in [0.5, 0.6) is 0 Å². The van der Waals surface area contributed by atoms with Gasteiger partial charge in [0.25, 0.3) is 5.91 Å². The van der Waals surface area contributed by atoms with Gasteiger partial charge < -0.3 is 14.3 Å². The Labute approximate surface area is 120 Å². The first-order chi connectivity index (χ1) is 8.99. The predicted molar refractivity (Wildman–Crippen MR) is 77.3 cm³/mol. The summed E-state index contributed by atoms with van der Waals surface area (Å²) in [4.78, 5) is 11.8. The minimum atomic E-state index is -0.184. The van der Waals surface area contributed by atoms with Gasteiger partial charge in [0.2, 0.25) is 0 Å². The van der Waals surface area contributed by atoms with E-state index in [-0.39, 0.29) is 5.91 Å². The second-order valence-electron chi connectivity index (χ2n) is 4.57. The highest BCUT2D eigenvalue weighted by atomic mass is 79.9. The summed E-state index contributed by atoms with van der Waals surface area (Å²) in [6, 6.07) is 5.52. The molecule has 0 spiro atoms. The third-order valence-electron chi connectivity index (χ3n) is 3.36. The summed E-state index contributed by atoms with van der Waals surface area (Å²) in [6.07, 6.45) is 0.821. The maximum atomic E-state index is 11.8. The van der Waals surface area contributed by atoms with Crippen molar-refractivity contribution in [2.45, 2.75) is 20.3 Å². The van der Waals surface area contributed by atoms with E-state index in [1.54, 1.807) is 12.1 Å². The van der Waals surface area contributed by atoms with E-state index in [9.17, 15) is 4.79 Å².